The first-order chi connectivity index (χ1) is 21.2. The smallest absolute Gasteiger partial charge is 0.345 e. The number of rotatable bonds is 10. The van der Waals surface area contributed by atoms with Crippen LogP contribution >= 0.6 is 0 Å². The number of fused-ring (bicyclic) bond motifs is 1. The Kier molecular flexibility index (Phi) is 8.88. The minimum atomic E-state index is -0.852. The summed E-state index contributed by atoms with van der Waals surface area (Å²) in [6.07, 6.45) is 1.27. The molecule has 8 nitrogen and oxygen atoms in total. The molecule has 3 aromatic carbocycles. The van der Waals surface area contributed by atoms with Crippen molar-refractivity contribution in [2.75, 3.05) is 20.8 Å². The van der Waals surface area contributed by atoms with E-state index in [1.165, 1.54) is 21.2 Å². The maximum Gasteiger partial charge on any atom is 0.345 e. The minimum absolute atomic E-state index is 0.0296. The van der Waals surface area contributed by atoms with Crippen LogP contribution in [0.4, 0.5) is 8.78 Å². The van der Waals surface area contributed by atoms with Crippen LogP contribution < -0.4 is 10.3 Å². The Balaban J connectivity index is 1.82. The molecule has 5 rings (SSSR count). The van der Waals surface area contributed by atoms with Gasteiger partial charge in [0.2, 0.25) is 0 Å². The Morgan fingerprint density at radius 1 is 1.02 bits per heavy atom. The molecular weight excluding hydrogens is 566 g/mol. The second-order valence-corrected chi connectivity index (χ2v) is 10.3. The number of carbonyl (C=O) groups excluding carboxylic acids is 1. The molecule has 0 amide bonds. The van der Waals surface area contributed by atoms with E-state index in [0.29, 0.717) is 29.1 Å². The van der Waals surface area contributed by atoms with Gasteiger partial charge in [0.1, 0.15) is 40.2 Å². The number of ether oxygens (including phenoxy) is 2. The molecule has 0 aliphatic heterocycles. The summed E-state index contributed by atoms with van der Waals surface area (Å²) in [7, 11) is 3.43. The molecule has 2 aromatic heterocycles. The van der Waals surface area contributed by atoms with Gasteiger partial charge < -0.3 is 14.0 Å². The zero-order valence-electron chi connectivity index (χ0n) is 24.5. The van der Waals surface area contributed by atoms with Gasteiger partial charge in [-0.05, 0) is 43.3 Å². The highest BCUT2D eigenvalue weighted by atomic mass is 19.1. The van der Waals surface area contributed by atoms with Crippen LogP contribution in [-0.4, -0.2) is 40.6 Å². The summed E-state index contributed by atoms with van der Waals surface area (Å²) < 4.78 is 41.9. The van der Waals surface area contributed by atoms with Gasteiger partial charge in [-0.1, -0.05) is 48.5 Å². The quantitative estimate of drug-likeness (QED) is 0.190. The molecule has 0 bridgehead atoms. The standard InChI is InChI=1S/C34H30F2N4O4/c1-4-44-34(42)28-20-39(19-24-10-13-25(35)16-29(24)36)32-27(17-37)31(23-11-14-26(43-3)15-12-23)30(40(32)33(28)41)21-38(2)18-22-8-6-5-7-9-22/h5-16,20H,4,18-19,21H2,1-3H3. The van der Waals surface area contributed by atoms with E-state index in [1.54, 1.807) is 38.3 Å². The van der Waals surface area contributed by atoms with Gasteiger partial charge in [0, 0.05) is 36.5 Å². The first kappa shape index (κ1) is 30.2. The molecule has 0 aliphatic carbocycles. The van der Waals surface area contributed by atoms with Gasteiger partial charge >= 0.3 is 5.97 Å². The van der Waals surface area contributed by atoms with Gasteiger partial charge in [0.25, 0.3) is 5.56 Å². The normalized spacial score (nSPS) is 11.1. The summed E-state index contributed by atoms with van der Waals surface area (Å²) in [6, 6.07) is 22.3. The van der Waals surface area contributed by atoms with Gasteiger partial charge in [-0.2, -0.15) is 5.26 Å². The summed E-state index contributed by atoms with van der Waals surface area (Å²) in [4.78, 5) is 29.1. The third-order valence-electron chi connectivity index (χ3n) is 7.29. The lowest BCUT2D eigenvalue weighted by Crippen LogP contribution is -2.29. The van der Waals surface area contributed by atoms with E-state index in [-0.39, 0.29) is 42.0 Å². The van der Waals surface area contributed by atoms with Gasteiger partial charge in [-0.25, -0.2) is 13.6 Å². The molecule has 2 heterocycles. The number of benzene rings is 3. The van der Waals surface area contributed by atoms with Crippen molar-refractivity contribution in [3.8, 4) is 22.9 Å². The molecule has 224 valence electrons. The van der Waals surface area contributed by atoms with Crippen LogP contribution in [0.1, 0.15) is 39.7 Å². The van der Waals surface area contributed by atoms with Crippen molar-refractivity contribution in [3.05, 3.63) is 129 Å². The van der Waals surface area contributed by atoms with Crippen molar-refractivity contribution < 1.29 is 23.0 Å². The summed E-state index contributed by atoms with van der Waals surface area (Å²) in [6.45, 7) is 2.21. The van der Waals surface area contributed by atoms with E-state index in [0.717, 1.165) is 17.7 Å². The largest absolute Gasteiger partial charge is 0.497 e. The maximum atomic E-state index is 14.9. The highest BCUT2D eigenvalue weighted by Crippen LogP contribution is 2.35. The number of methoxy groups -OCH3 is 1. The van der Waals surface area contributed by atoms with E-state index in [2.05, 4.69) is 6.07 Å². The molecular formula is C34H30F2N4O4. The lowest BCUT2D eigenvalue weighted by molar-refractivity contribution is 0.0523. The molecule has 0 radical (unpaired) electrons. The molecule has 5 aromatic rings. The third kappa shape index (κ3) is 5.96. The predicted octanol–water partition coefficient (Wildman–Crippen LogP) is 5.78. The van der Waals surface area contributed by atoms with E-state index in [1.807, 2.05) is 42.3 Å². The van der Waals surface area contributed by atoms with Crippen molar-refractivity contribution in [1.82, 2.24) is 13.9 Å². The SMILES string of the molecule is CCOC(=O)c1cn(Cc2ccc(F)cc2F)c2c(C#N)c(-c3ccc(OC)cc3)c(CN(C)Cc3ccccc3)n2c1=O. The topological polar surface area (TPSA) is 89.0 Å². The fourth-order valence-electron chi connectivity index (χ4n) is 5.32. The Labute approximate surface area is 252 Å². The Morgan fingerprint density at radius 2 is 1.75 bits per heavy atom. The third-order valence-corrected chi connectivity index (χ3v) is 7.29. The zero-order valence-corrected chi connectivity index (χ0v) is 24.5. The average Bonchev–Trinajstić information content (AvgIpc) is 3.34. The minimum Gasteiger partial charge on any atom is -0.497 e. The van der Waals surface area contributed by atoms with Gasteiger partial charge in [0.15, 0.2) is 0 Å². The molecule has 0 saturated heterocycles. The molecule has 0 N–H and O–H groups in total. The lowest BCUT2D eigenvalue weighted by atomic mass is 10.0. The molecule has 0 saturated carbocycles. The monoisotopic (exact) mass is 596 g/mol. The van der Waals surface area contributed by atoms with E-state index >= 15 is 0 Å². The molecule has 0 aliphatic rings. The number of aromatic nitrogens is 2. The predicted molar refractivity (Wildman–Crippen MR) is 161 cm³/mol. The molecule has 0 atom stereocenters. The summed E-state index contributed by atoms with van der Waals surface area (Å²) in [5.41, 5.74) is 2.11. The average molecular weight is 597 g/mol. The number of halogens is 2. The molecule has 44 heavy (non-hydrogen) atoms. The molecule has 0 spiro atoms. The lowest BCUT2D eigenvalue weighted by Gasteiger charge is -2.19. The summed E-state index contributed by atoms with van der Waals surface area (Å²) in [5, 5.41) is 10.6. The number of hydrogen-bond acceptors (Lipinski definition) is 6. The summed E-state index contributed by atoms with van der Waals surface area (Å²) >= 11 is 0. The maximum absolute atomic E-state index is 14.9. The van der Waals surface area contributed by atoms with Gasteiger partial charge in [-0.15, -0.1) is 0 Å². The number of esters is 1. The van der Waals surface area contributed by atoms with Crippen molar-refractivity contribution in [2.45, 2.75) is 26.6 Å². The fourth-order valence-corrected chi connectivity index (χ4v) is 5.32. The Bertz CT molecular complexity index is 1930. The van der Waals surface area contributed by atoms with Crippen molar-refractivity contribution >= 4 is 11.6 Å². The van der Waals surface area contributed by atoms with Crippen LogP contribution in [0.3, 0.4) is 0 Å². The first-order valence-electron chi connectivity index (χ1n) is 13.9. The fraction of sp³-hybridized carbons (Fsp3) is 0.206. The number of hydrogen-bond donors (Lipinski definition) is 0. The van der Waals surface area contributed by atoms with Crippen LogP contribution in [0.5, 0.6) is 5.75 Å². The second-order valence-electron chi connectivity index (χ2n) is 10.3. The molecule has 0 unspecified atom stereocenters. The molecule has 10 heteroatoms. The zero-order chi connectivity index (χ0) is 31.4. The van der Waals surface area contributed by atoms with Crippen LogP contribution in [-0.2, 0) is 24.4 Å². The van der Waals surface area contributed by atoms with Gasteiger partial charge in [0.05, 0.1) is 26.0 Å². The Hall–Kier alpha value is -5.27. The van der Waals surface area contributed by atoms with E-state index in [4.69, 9.17) is 9.47 Å². The van der Waals surface area contributed by atoms with E-state index < -0.39 is 23.2 Å². The van der Waals surface area contributed by atoms with Crippen molar-refractivity contribution in [2.24, 2.45) is 0 Å². The van der Waals surface area contributed by atoms with Crippen LogP contribution in [0, 0.1) is 23.0 Å². The van der Waals surface area contributed by atoms with E-state index in [9.17, 15) is 23.6 Å². The highest BCUT2D eigenvalue weighted by Gasteiger charge is 2.28. The molecule has 0 fully saturated rings. The Morgan fingerprint density at radius 3 is 2.39 bits per heavy atom. The first-order valence-corrected chi connectivity index (χ1v) is 13.9. The second kappa shape index (κ2) is 12.9. The van der Waals surface area contributed by atoms with Crippen LogP contribution in [0.25, 0.3) is 16.8 Å². The van der Waals surface area contributed by atoms with Crippen molar-refractivity contribution in [1.29, 1.82) is 5.26 Å². The highest BCUT2D eigenvalue weighted by molar-refractivity contribution is 5.90. The number of nitriles is 1. The van der Waals surface area contributed by atoms with Crippen LogP contribution in [0.2, 0.25) is 0 Å². The number of nitrogens with zero attached hydrogens (tertiary/aromatic N) is 4. The van der Waals surface area contributed by atoms with Crippen molar-refractivity contribution in [3.63, 3.8) is 0 Å². The number of carbonyl (C=O) groups is 1. The van der Waals surface area contributed by atoms with Gasteiger partial charge in [-0.3, -0.25) is 14.1 Å². The van der Waals surface area contributed by atoms with Crippen LogP contribution in [0.15, 0.2) is 83.8 Å². The summed E-state index contributed by atoms with van der Waals surface area (Å²) in [5.74, 6) is -1.79.